The molecule has 19 heavy (non-hydrogen) atoms. The third-order valence-electron chi connectivity index (χ3n) is 2.83. The molecule has 0 spiro atoms. The number of ether oxygens (including phenoxy) is 1. The number of nitrogens with zero attached hydrogens (tertiary/aromatic N) is 1. The Balaban J connectivity index is 2.49. The molecule has 0 aliphatic carbocycles. The quantitative estimate of drug-likeness (QED) is 0.893. The molecule has 5 heteroatoms. The molecule has 1 N–H and O–H groups in total. The molecular formula is C14H16F2N2O. The number of aryl methyl sites for hydroxylation is 1. The highest BCUT2D eigenvalue weighted by Gasteiger charge is 2.09. The summed E-state index contributed by atoms with van der Waals surface area (Å²) in [4.78, 5) is 4.51. The smallest absolute Gasteiger partial charge is 0.387 e. The van der Waals surface area contributed by atoms with E-state index in [1.54, 1.807) is 19.2 Å². The number of aromatic nitrogens is 1. The van der Waals surface area contributed by atoms with Gasteiger partial charge in [0.1, 0.15) is 5.75 Å². The summed E-state index contributed by atoms with van der Waals surface area (Å²) in [6.07, 6.45) is 1.90. The van der Waals surface area contributed by atoms with E-state index in [9.17, 15) is 8.78 Å². The van der Waals surface area contributed by atoms with Crippen LogP contribution in [0.1, 0.15) is 19.0 Å². The van der Waals surface area contributed by atoms with Gasteiger partial charge in [0.15, 0.2) is 0 Å². The van der Waals surface area contributed by atoms with Gasteiger partial charge in [0.25, 0.3) is 0 Å². The standard InChI is InChI=1S/C14H16F2N2O/c1-3-4-9-7-13(17-2)11-8-10(19-14(15)16)5-6-12(11)18-9/h5-8,14H,3-4H2,1-2H3,(H,17,18). The Morgan fingerprint density at radius 2 is 2.11 bits per heavy atom. The second-order valence-electron chi connectivity index (χ2n) is 4.22. The summed E-state index contributed by atoms with van der Waals surface area (Å²) < 4.78 is 28.8. The number of hydrogen-bond donors (Lipinski definition) is 1. The van der Waals surface area contributed by atoms with Gasteiger partial charge in [-0.1, -0.05) is 13.3 Å². The fraction of sp³-hybridized carbons (Fsp3) is 0.357. The summed E-state index contributed by atoms with van der Waals surface area (Å²) in [6.45, 7) is -0.729. The van der Waals surface area contributed by atoms with Crippen LogP contribution in [0.15, 0.2) is 24.3 Å². The molecule has 1 aromatic heterocycles. The van der Waals surface area contributed by atoms with Crippen molar-refractivity contribution in [2.75, 3.05) is 12.4 Å². The molecule has 0 radical (unpaired) electrons. The van der Waals surface area contributed by atoms with E-state index in [0.29, 0.717) is 0 Å². The van der Waals surface area contributed by atoms with Crippen LogP contribution >= 0.6 is 0 Å². The SMILES string of the molecule is CCCc1cc(NC)c2cc(OC(F)F)ccc2n1. The molecule has 1 aromatic carbocycles. The van der Waals surface area contributed by atoms with Crippen LogP contribution in [0.2, 0.25) is 0 Å². The maximum Gasteiger partial charge on any atom is 0.387 e. The second-order valence-corrected chi connectivity index (χ2v) is 4.22. The monoisotopic (exact) mass is 266 g/mol. The summed E-state index contributed by atoms with van der Waals surface area (Å²) in [6, 6.07) is 6.73. The fourth-order valence-corrected chi connectivity index (χ4v) is 2.03. The van der Waals surface area contributed by atoms with Crippen LogP contribution < -0.4 is 10.1 Å². The number of alkyl halides is 2. The lowest BCUT2D eigenvalue weighted by Gasteiger charge is -2.11. The van der Waals surface area contributed by atoms with Gasteiger partial charge in [-0.25, -0.2) is 0 Å². The van der Waals surface area contributed by atoms with Crippen LogP contribution in [0.4, 0.5) is 14.5 Å². The number of fused-ring (bicyclic) bond motifs is 1. The Labute approximate surface area is 110 Å². The third-order valence-corrected chi connectivity index (χ3v) is 2.83. The molecule has 0 saturated carbocycles. The molecule has 0 unspecified atom stereocenters. The average Bonchev–Trinajstić information content (AvgIpc) is 2.38. The van der Waals surface area contributed by atoms with Crippen LogP contribution in [0.25, 0.3) is 10.9 Å². The van der Waals surface area contributed by atoms with Gasteiger partial charge in [-0.15, -0.1) is 0 Å². The Kier molecular flexibility index (Phi) is 4.14. The number of anilines is 1. The highest BCUT2D eigenvalue weighted by molar-refractivity contribution is 5.92. The summed E-state index contributed by atoms with van der Waals surface area (Å²) in [5.74, 6) is 0.143. The topological polar surface area (TPSA) is 34.1 Å². The van der Waals surface area contributed by atoms with Crippen molar-refractivity contribution in [3.05, 3.63) is 30.0 Å². The first-order chi connectivity index (χ1) is 9.13. The predicted molar refractivity (Wildman–Crippen MR) is 71.9 cm³/mol. The number of nitrogens with one attached hydrogen (secondary N) is 1. The minimum absolute atomic E-state index is 0.143. The Bertz CT molecular complexity index is 573. The van der Waals surface area contributed by atoms with E-state index in [1.807, 2.05) is 6.07 Å². The van der Waals surface area contributed by atoms with Gasteiger partial charge in [-0.3, -0.25) is 4.98 Å². The Morgan fingerprint density at radius 3 is 2.74 bits per heavy atom. The molecule has 1 heterocycles. The second kappa shape index (κ2) is 5.82. The highest BCUT2D eigenvalue weighted by atomic mass is 19.3. The van der Waals surface area contributed by atoms with E-state index < -0.39 is 6.61 Å². The molecular weight excluding hydrogens is 250 g/mol. The lowest BCUT2D eigenvalue weighted by molar-refractivity contribution is -0.0497. The van der Waals surface area contributed by atoms with Gasteiger partial charge in [-0.2, -0.15) is 8.78 Å². The van der Waals surface area contributed by atoms with Gasteiger partial charge in [0.05, 0.1) is 5.52 Å². The number of hydrogen-bond acceptors (Lipinski definition) is 3. The lowest BCUT2D eigenvalue weighted by atomic mass is 10.1. The molecule has 0 aliphatic rings. The van der Waals surface area contributed by atoms with E-state index in [0.717, 1.165) is 35.1 Å². The maximum atomic E-state index is 12.2. The van der Waals surface area contributed by atoms with Crippen LogP contribution in [-0.2, 0) is 6.42 Å². The van der Waals surface area contributed by atoms with Crippen molar-refractivity contribution < 1.29 is 13.5 Å². The molecule has 0 amide bonds. The van der Waals surface area contributed by atoms with Crippen LogP contribution in [-0.4, -0.2) is 18.6 Å². The van der Waals surface area contributed by atoms with Crippen LogP contribution in [0.5, 0.6) is 5.75 Å². The zero-order valence-corrected chi connectivity index (χ0v) is 10.9. The normalized spacial score (nSPS) is 11.0. The van der Waals surface area contributed by atoms with Crippen molar-refractivity contribution in [2.45, 2.75) is 26.4 Å². The van der Waals surface area contributed by atoms with E-state index in [4.69, 9.17) is 0 Å². The van der Waals surface area contributed by atoms with Crippen molar-refractivity contribution in [1.29, 1.82) is 0 Å². The predicted octanol–water partition coefficient (Wildman–Crippen LogP) is 3.83. The van der Waals surface area contributed by atoms with Crippen molar-refractivity contribution in [3.8, 4) is 5.75 Å². The highest BCUT2D eigenvalue weighted by Crippen LogP contribution is 2.28. The Morgan fingerprint density at radius 1 is 1.32 bits per heavy atom. The van der Waals surface area contributed by atoms with Crippen LogP contribution in [0.3, 0.4) is 0 Å². The minimum atomic E-state index is -2.82. The summed E-state index contributed by atoms with van der Waals surface area (Å²) in [5.41, 5.74) is 2.63. The number of rotatable bonds is 5. The molecule has 0 aliphatic heterocycles. The summed E-state index contributed by atoms with van der Waals surface area (Å²) in [7, 11) is 1.80. The Hall–Kier alpha value is -1.91. The first kappa shape index (κ1) is 13.5. The van der Waals surface area contributed by atoms with Crippen LogP contribution in [0, 0.1) is 0 Å². The molecule has 0 bridgehead atoms. The third kappa shape index (κ3) is 3.10. The molecule has 3 nitrogen and oxygen atoms in total. The van der Waals surface area contributed by atoms with Gasteiger partial charge in [-0.05, 0) is 30.7 Å². The van der Waals surface area contributed by atoms with E-state index in [2.05, 4.69) is 22.0 Å². The largest absolute Gasteiger partial charge is 0.435 e. The van der Waals surface area contributed by atoms with Crippen molar-refractivity contribution >= 4 is 16.6 Å². The molecule has 0 atom stereocenters. The fourth-order valence-electron chi connectivity index (χ4n) is 2.03. The first-order valence-electron chi connectivity index (χ1n) is 6.20. The molecule has 2 aromatic rings. The van der Waals surface area contributed by atoms with E-state index in [-0.39, 0.29) is 5.75 Å². The minimum Gasteiger partial charge on any atom is -0.435 e. The average molecular weight is 266 g/mol. The number of pyridine rings is 1. The van der Waals surface area contributed by atoms with Crippen molar-refractivity contribution in [2.24, 2.45) is 0 Å². The van der Waals surface area contributed by atoms with Crippen molar-refractivity contribution in [1.82, 2.24) is 4.98 Å². The van der Waals surface area contributed by atoms with Gasteiger partial charge >= 0.3 is 6.61 Å². The summed E-state index contributed by atoms with van der Waals surface area (Å²) in [5, 5.41) is 3.84. The first-order valence-corrected chi connectivity index (χ1v) is 6.20. The molecule has 2 rings (SSSR count). The molecule has 0 saturated heterocycles. The maximum absolute atomic E-state index is 12.2. The van der Waals surface area contributed by atoms with Crippen molar-refractivity contribution in [3.63, 3.8) is 0 Å². The zero-order valence-electron chi connectivity index (χ0n) is 10.9. The van der Waals surface area contributed by atoms with Gasteiger partial charge in [0.2, 0.25) is 0 Å². The number of benzene rings is 1. The van der Waals surface area contributed by atoms with E-state index >= 15 is 0 Å². The zero-order chi connectivity index (χ0) is 13.8. The summed E-state index contributed by atoms with van der Waals surface area (Å²) >= 11 is 0. The van der Waals surface area contributed by atoms with Gasteiger partial charge in [0, 0.05) is 23.8 Å². The molecule has 0 fully saturated rings. The number of halogens is 2. The molecule has 102 valence electrons. The lowest BCUT2D eigenvalue weighted by Crippen LogP contribution is -2.02. The van der Waals surface area contributed by atoms with Gasteiger partial charge < -0.3 is 10.1 Å². The van der Waals surface area contributed by atoms with E-state index in [1.165, 1.54) is 6.07 Å².